The van der Waals surface area contributed by atoms with Crippen LogP contribution in [0.1, 0.15) is 16.5 Å². The molecular formula is C20H27ClN4OS. The first-order chi connectivity index (χ1) is 13.3. The van der Waals surface area contributed by atoms with Crippen LogP contribution in [-0.2, 0) is 11.2 Å². The van der Waals surface area contributed by atoms with Gasteiger partial charge in [-0.25, -0.2) is 0 Å². The first-order valence-electron chi connectivity index (χ1n) is 9.30. The van der Waals surface area contributed by atoms with Crippen molar-refractivity contribution >= 4 is 28.9 Å². The summed E-state index contributed by atoms with van der Waals surface area (Å²) < 4.78 is 5.51. The second kappa shape index (κ2) is 10.7. The van der Waals surface area contributed by atoms with Crippen molar-refractivity contribution in [2.45, 2.75) is 12.5 Å². The van der Waals surface area contributed by atoms with Crippen LogP contribution in [0.15, 0.2) is 46.8 Å². The number of benzene rings is 1. The maximum Gasteiger partial charge on any atom is 0.191 e. The summed E-state index contributed by atoms with van der Waals surface area (Å²) in [5.41, 5.74) is 1.22. The van der Waals surface area contributed by atoms with Gasteiger partial charge in [0.05, 0.1) is 19.3 Å². The first kappa shape index (κ1) is 20.1. The van der Waals surface area contributed by atoms with Crippen molar-refractivity contribution in [1.82, 2.24) is 15.5 Å². The number of rotatable bonds is 7. The summed E-state index contributed by atoms with van der Waals surface area (Å²) >= 11 is 7.86. The molecule has 0 radical (unpaired) electrons. The topological polar surface area (TPSA) is 48.9 Å². The molecule has 2 heterocycles. The third-order valence-corrected chi connectivity index (χ3v) is 5.85. The van der Waals surface area contributed by atoms with E-state index in [0.717, 1.165) is 56.8 Å². The summed E-state index contributed by atoms with van der Waals surface area (Å²) in [6.07, 6.45) is 0.902. The van der Waals surface area contributed by atoms with Crippen LogP contribution in [0.3, 0.4) is 0 Å². The molecule has 1 unspecified atom stereocenters. The van der Waals surface area contributed by atoms with Gasteiger partial charge in [-0.15, -0.1) is 11.3 Å². The lowest BCUT2D eigenvalue weighted by molar-refractivity contribution is 0.0177. The largest absolute Gasteiger partial charge is 0.379 e. The average Bonchev–Trinajstić information content (AvgIpc) is 3.22. The molecule has 0 spiro atoms. The minimum absolute atomic E-state index is 0.334. The quantitative estimate of drug-likeness (QED) is 0.547. The van der Waals surface area contributed by atoms with E-state index in [9.17, 15) is 0 Å². The monoisotopic (exact) mass is 406 g/mol. The average molecular weight is 407 g/mol. The molecule has 2 aromatic rings. The van der Waals surface area contributed by atoms with Gasteiger partial charge in [0.2, 0.25) is 0 Å². The van der Waals surface area contributed by atoms with Gasteiger partial charge < -0.3 is 15.4 Å². The Morgan fingerprint density at radius 2 is 2.11 bits per heavy atom. The maximum atomic E-state index is 6.05. The molecule has 0 bridgehead atoms. The maximum absolute atomic E-state index is 6.05. The standard InChI is InChI=1S/C20H27ClN4OS/c1-22-20(23-8-7-16-4-2-5-17(21)14-16)24-15-18(19-6-3-13-27-19)25-9-11-26-12-10-25/h2-6,13-14,18H,7-12,15H2,1H3,(H2,22,23,24). The number of nitrogens with one attached hydrogen (secondary N) is 2. The lowest BCUT2D eigenvalue weighted by Gasteiger charge is -2.34. The van der Waals surface area contributed by atoms with Crippen molar-refractivity contribution in [3.8, 4) is 0 Å². The number of guanidine groups is 1. The van der Waals surface area contributed by atoms with Crippen LogP contribution >= 0.6 is 22.9 Å². The fourth-order valence-corrected chi connectivity index (χ4v) is 4.29. The summed E-state index contributed by atoms with van der Waals surface area (Å²) in [5.74, 6) is 0.826. The molecule has 1 saturated heterocycles. The van der Waals surface area contributed by atoms with Gasteiger partial charge in [-0.05, 0) is 35.6 Å². The summed E-state index contributed by atoms with van der Waals surface area (Å²) in [7, 11) is 1.81. The first-order valence-corrected chi connectivity index (χ1v) is 10.6. The Kier molecular flexibility index (Phi) is 7.95. The highest BCUT2D eigenvalue weighted by Crippen LogP contribution is 2.25. The van der Waals surface area contributed by atoms with Gasteiger partial charge >= 0.3 is 0 Å². The van der Waals surface area contributed by atoms with Gasteiger partial charge in [-0.3, -0.25) is 9.89 Å². The highest BCUT2D eigenvalue weighted by molar-refractivity contribution is 7.10. The van der Waals surface area contributed by atoms with E-state index in [1.165, 1.54) is 10.4 Å². The number of aliphatic imine (C=N–C) groups is 1. The molecule has 1 aliphatic rings. The number of ether oxygens (including phenoxy) is 1. The van der Waals surface area contributed by atoms with Crippen molar-refractivity contribution in [2.24, 2.45) is 4.99 Å². The molecule has 1 fully saturated rings. The molecule has 0 amide bonds. The minimum atomic E-state index is 0.334. The summed E-state index contributed by atoms with van der Waals surface area (Å²) in [6, 6.07) is 12.6. The molecule has 0 saturated carbocycles. The Morgan fingerprint density at radius 1 is 1.26 bits per heavy atom. The predicted molar refractivity (Wildman–Crippen MR) is 114 cm³/mol. The van der Waals surface area contributed by atoms with Gasteiger partial charge in [0.25, 0.3) is 0 Å². The molecule has 146 valence electrons. The van der Waals surface area contributed by atoms with Gasteiger partial charge in [-0.2, -0.15) is 0 Å². The molecule has 5 nitrogen and oxygen atoms in total. The lowest BCUT2D eigenvalue weighted by atomic mass is 10.1. The van der Waals surface area contributed by atoms with Crippen LogP contribution in [0.5, 0.6) is 0 Å². The van der Waals surface area contributed by atoms with E-state index in [2.05, 4.69) is 44.1 Å². The number of halogens is 1. The third-order valence-electron chi connectivity index (χ3n) is 4.64. The highest BCUT2D eigenvalue weighted by atomic mass is 35.5. The number of hydrogen-bond donors (Lipinski definition) is 2. The summed E-state index contributed by atoms with van der Waals surface area (Å²) in [4.78, 5) is 8.23. The molecule has 1 aliphatic heterocycles. The molecule has 1 aromatic carbocycles. The second-order valence-electron chi connectivity index (χ2n) is 6.44. The molecule has 1 aromatic heterocycles. The van der Waals surface area contributed by atoms with Crippen LogP contribution in [0.4, 0.5) is 0 Å². The smallest absolute Gasteiger partial charge is 0.191 e. The summed E-state index contributed by atoms with van der Waals surface area (Å²) in [5, 5.41) is 9.80. The van der Waals surface area contributed by atoms with Gasteiger partial charge in [0.1, 0.15) is 0 Å². The number of morpholine rings is 1. The SMILES string of the molecule is CN=C(NCCc1cccc(Cl)c1)NCC(c1cccs1)N1CCOCC1. The van der Waals surface area contributed by atoms with Crippen molar-refractivity contribution < 1.29 is 4.74 Å². The number of hydrogen-bond acceptors (Lipinski definition) is 4. The Balaban J connectivity index is 1.51. The van der Waals surface area contributed by atoms with E-state index >= 15 is 0 Å². The zero-order chi connectivity index (χ0) is 18.9. The molecule has 27 heavy (non-hydrogen) atoms. The zero-order valence-corrected chi connectivity index (χ0v) is 17.2. The molecular weight excluding hydrogens is 380 g/mol. The van der Waals surface area contributed by atoms with Crippen LogP contribution in [0.2, 0.25) is 5.02 Å². The van der Waals surface area contributed by atoms with Crippen LogP contribution in [0.25, 0.3) is 0 Å². The fraction of sp³-hybridized carbons (Fsp3) is 0.450. The molecule has 3 rings (SSSR count). The van der Waals surface area contributed by atoms with Gasteiger partial charge in [0.15, 0.2) is 5.96 Å². The Morgan fingerprint density at radius 3 is 2.81 bits per heavy atom. The Hall–Kier alpha value is -1.60. The fourth-order valence-electron chi connectivity index (χ4n) is 3.21. The van der Waals surface area contributed by atoms with Crippen LogP contribution < -0.4 is 10.6 Å². The van der Waals surface area contributed by atoms with E-state index in [1.54, 1.807) is 11.3 Å². The minimum Gasteiger partial charge on any atom is -0.379 e. The predicted octanol–water partition coefficient (Wildman–Crippen LogP) is 3.18. The van der Waals surface area contributed by atoms with E-state index < -0.39 is 0 Å². The van der Waals surface area contributed by atoms with Gasteiger partial charge in [-0.1, -0.05) is 29.8 Å². The molecule has 0 aliphatic carbocycles. The Bertz CT molecular complexity index is 717. The normalized spacial score (nSPS) is 16.9. The molecule has 1 atom stereocenters. The van der Waals surface area contributed by atoms with Crippen molar-refractivity contribution in [1.29, 1.82) is 0 Å². The number of thiophene rings is 1. The second-order valence-corrected chi connectivity index (χ2v) is 7.86. The van der Waals surface area contributed by atoms with E-state index in [-0.39, 0.29) is 0 Å². The molecule has 7 heteroatoms. The van der Waals surface area contributed by atoms with E-state index in [0.29, 0.717) is 6.04 Å². The Labute approximate surface area is 170 Å². The molecule has 2 N–H and O–H groups in total. The zero-order valence-electron chi connectivity index (χ0n) is 15.7. The third kappa shape index (κ3) is 6.21. The van der Waals surface area contributed by atoms with Crippen molar-refractivity contribution in [3.63, 3.8) is 0 Å². The number of nitrogens with zero attached hydrogens (tertiary/aromatic N) is 2. The van der Waals surface area contributed by atoms with Gasteiger partial charge in [0, 0.05) is 43.1 Å². The van der Waals surface area contributed by atoms with Crippen LogP contribution in [-0.4, -0.2) is 57.3 Å². The van der Waals surface area contributed by atoms with Crippen molar-refractivity contribution in [3.05, 3.63) is 57.2 Å². The van der Waals surface area contributed by atoms with E-state index in [4.69, 9.17) is 16.3 Å². The van der Waals surface area contributed by atoms with E-state index in [1.807, 2.05) is 25.2 Å². The summed E-state index contributed by atoms with van der Waals surface area (Å²) in [6.45, 7) is 5.15. The lowest BCUT2D eigenvalue weighted by Crippen LogP contribution is -2.46. The van der Waals surface area contributed by atoms with Crippen molar-refractivity contribution in [2.75, 3.05) is 46.4 Å². The van der Waals surface area contributed by atoms with Crippen LogP contribution in [0, 0.1) is 0 Å². The highest BCUT2D eigenvalue weighted by Gasteiger charge is 2.23.